The Morgan fingerprint density at radius 1 is 1.11 bits per heavy atom. The maximum atomic E-state index is 13.0. The zero-order valence-corrected chi connectivity index (χ0v) is 20.8. The van der Waals surface area contributed by atoms with Gasteiger partial charge in [-0.2, -0.15) is 5.26 Å². The largest absolute Gasteiger partial charge is 0.340 e. The number of anilines is 1. The summed E-state index contributed by atoms with van der Waals surface area (Å²) in [7, 11) is 4.12. The maximum absolute atomic E-state index is 13.0. The van der Waals surface area contributed by atoms with Gasteiger partial charge < -0.3 is 14.4 Å². The van der Waals surface area contributed by atoms with E-state index in [1.165, 1.54) is 0 Å². The molecule has 4 heterocycles. The van der Waals surface area contributed by atoms with Crippen LogP contribution in [0.4, 0.5) is 5.69 Å². The molecule has 0 aliphatic carbocycles. The van der Waals surface area contributed by atoms with Crippen molar-refractivity contribution in [1.82, 2.24) is 19.0 Å². The van der Waals surface area contributed by atoms with Crippen LogP contribution in [0.25, 0.3) is 28.3 Å². The molecular formula is C29H28N6O. The molecule has 7 nitrogen and oxygen atoms in total. The summed E-state index contributed by atoms with van der Waals surface area (Å²) in [6.45, 7) is 4.47. The maximum Gasteiger partial charge on any atom is 0.227 e. The number of carbonyl (C=O) groups excluding carboxylic acids is 1. The van der Waals surface area contributed by atoms with Crippen LogP contribution >= 0.6 is 0 Å². The number of imidazole rings is 1. The summed E-state index contributed by atoms with van der Waals surface area (Å²) < 4.78 is 4.35. The van der Waals surface area contributed by atoms with Gasteiger partial charge in [0.2, 0.25) is 5.91 Å². The minimum Gasteiger partial charge on any atom is -0.340 e. The van der Waals surface area contributed by atoms with Crippen molar-refractivity contribution in [2.45, 2.75) is 19.9 Å². The predicted octanol–water partition coefficient (Wildman–Crippen LogP) is 4.55. The second-order valence-corrected chi connectivity index (χ2v) is 10.6. The number of fused-ring (bicyclic) bond motifs is 5. The van der Waals surface area contributed by atoms with Gasteiger partial charge in [-0.3, -0.25) is 9.36 Å². The van der Waals surface area contributed by atoms with Crippen molar-refractivity contribution in [2.24, 2.45) is 5.41 Å². The van der Waals surface area contributed by atoms with Gasteiger partial charge in [0.1, 0.15) is 0 Å². The fourth-order valence-corrected chi connectivity index (χ4v) is 5.79. The molecule has 1 unspecified atom stereocenters. The molecular weight excluding hydrogens is 448 g/mol. The van der Waals surface area contributed by atoms with Crippen LogP contribution in [-0.2, 0) is 11.3 Å². The number of rotatable bonds is 4. The molecule has 0 bridgehead atoms. The first-order chi connectivity index (χ1) is 17.3. The lowest BCUT2D eigenvalue weighted by Crippen LogP contribution is -2.34. The van der Waals surface area contributed by atoms with Gasteiger partial charge in [-0.05, 0) is 61.6 Å². The van der Waals surface area contributed by atoms with Gasteiger partial charge in [0.05, 0.1) is 23.0 Å². The molecule has 2 aliphatic heterocycles. The molecule has 7 heteroatoms. The topological polar surface area (TPSA) is 70.1 Å². The second kappa shape index (κ2) is 8.21. The summed E-state index contributed by atoms with van der Waals surface area (Å²) in [6, 6.07) is 18.3. The van der Waals surface area contributed by atoms with Gasteiger partial charge in [-0.1, -0.05) is 19.1 Å². The minimum atomic E-state index is -0.0610. The summed E-state index contributed by atoms with van der Waals surface area (Å²) in [4.78, 5) is 21.8. The fourth-order valence-electron chi connectivity index (χ4n) is 5.79. The molecule has 0 saturated carbocycles. The van der Waals surface area contributed by atoms with Crippen LogP contribution < -0.4 is 4.90 Å². The lowest BCUT2D eigenvalue weighted by molar-refractivity contribution is -0.117. The van der Waals surface area contributed by atoms with Gasteiger partial charge in [0, 0.05) is 61.3 Å². The molecule has 0 N–H and O–H groups in total. The third kappa shape index (κ3) is 3.71. The van der Waals surface area contributed by atoms with Crippen molar-refractivity contribution in [3.05, 3.63) is 78.2 Å². The predicted molar refractivity (Wildman–Crippen MR) is 140 cm³/mol. The van der Waals surface area contributed by atoms with E-state index in [0.717, 1.165) is 52.7 Å². The van der Waals surface area contributed by atoms with Crippen LogP contribution in [0.2, 0.25) is 0 Å². The fraction of sp³-hybridized carbons (Fsp3) is 0.276. The first kappa shape index (κ1) is 22.3. The van der Waals surface area contributed by atoms with Crippen molar-refractivity contribution >= 4 is 11.6 Å². The van der Waals surface area contributed by atoms with E-state index in [1.54, 1.807) is 0 Å². The number of benzene rings is 2. The number of amides is 1. The molecule has 4 aromatic rings. The molecule has 2 aliphatic rings. The van der Waals surface area contributed by atoms with E-state index in [1.807, 2.05) is 41.6 Å². The monoisotopic (exact) mass is 476 g/mol. The van der Waals surface area contributed by atoms with Crippen LogP contribution in [0.5, 0.6) is 0 Å². The molecule has 1 atom stereocenters. The molecule has 0 radical (unpaired) electrons. The van der Waals surface area contributed by atoms with E-state index < -0.39 is 0 Å². The number of hydrogen-bond acceptors (Lipinski definition) is 4. The minimum absolute atomic E-state index is 0.0610. The van der Waals surface area contributed by atoms with E-state index in [2.05, 4.69) is 76.6 Å². The van der Waals surface area contributed by atoms with Crippen LogP contribution in [0.15, 0.2) is 67.1 Å². The Hall–Kier alpha value is -4.15. The molecule has 2 aromatic heterocycles. The van der Waals surface area contributed by atoms with Crippen LogP contribution in [0, 0.1) is 16.7 Å². The number of carbonyl (C=O) groups is 1. The Kier molecular flexibility index (Phi) is 5.09. The van der Waals surface area contributed by atoms with Gasteiger partial charge >= 0.3 is 0 Å². The summed E-state index contributed by atoms with van der Waals surface area (Å²) >= 11 is 0. The van der Waals surface area contributed by atoms with E-state index >= 15 is 0 Å². The van der Waals surface area contributed by atoms with Crippen LogP contribution in [0.3, 0.4) is 0 Å². The number of nitrogens with zero attached hydrogens (tertiary/aromatic N) is 6. The van der Waals surface area contributed by atoms with E-state index in [-0.39, 0.29) is 11.3 Å². The second-order valence-electron chi connectivity index (χ2n) is 10.6. The molecule has 2 aromatic carbocycles. The van der Waals surface area contributed by atoms with E-state index in [0.29, 0.717) is 18.5 Å². The number of aromatic nitrogens is 3. The van der Waals surface area contributed by atoms with Crippen molar-refractivity contribution in [2.75, 3.05) is 32.1 Å². The summed E-state index contributed by atoms with van der Waals surface area (Å²) in [5, 5.41) is 9.13. The molecule has 1 fully saturated rings. The lowest BCUT2D eigenvalue weighted by Gasteiger charge is -2.27. The normalized spacial score (nSPS) is 18.5. The van der Waals surface area contributed by atoms with Gasteiger partial charge in [-0.15, -0.1) is 0 Å². The zero-order valence-electron chi connectivity index (χ0n) is 20.8. The Balaban J connectivity index is 1.39. The highest BCUT2D eigenvalue weighted by Crippen LogP contribution is 2.38. The molecule has 0 spiro atoms. The van der Waals surface area contributed by atoms with Crippen molar-refractivity contribution < 1.29 is 4.79 Å². The standard InChI is InChI=1S/C29H28N6O/c1-29(18-32(2)3)14-27(36)35(19-29)24-8-9-25-23(12-24)17-33-16-22(21-6-4-20(15-30)5-7-21)13-26(33)28-31-10-11-34(25)28/h4-13,16H,14,17-19H2,1-3H3. The lowest BCUT2D eigenvalue weighted by atomic mass is 9.89. The van der Waals surface area contributed by atoms with Crippen molar-refractivity contribution in [3.63, 3.8) is 0 Å². The third-order valence-electron chi connectivity index (χ3n) is 7.21. The summed E-state index contributed by atoms with van der Waals surface area (Å²) in [5.41, 5.74) is 6.93. The highest BCUT2D eigenvalue weighted by Gasteiger charge is 2.40. The number of nitriles is 1. The van der Waals surface area contributed by atoms with E-state index in [4.69, 9.17) is 5.26 Å². The SMILES string of the molecule is CN(C)CC1(C)CC(=O)N(c2ccc3c(c2)Cn2cc(-c4ccc(C#N)cc4)cc2-c2nccn2-3)C1. The van der Waals surface area contributed by atoms with E-state index in [9.17, 15) is 4.79 Å². The van der Waals surface area contributed by atoms with Crippen molar-refractivity contribution in [3.8, 4) is 34.4 Å². The van der Waals surface area contributed by atoms with Crippen LogP contribution in [-0.4, -0.2) is 52.1 Å². The highest BCUT2D eigenvalue weighted by atomic mass is 16.2. The average Bonchev–Trinajstić information content (AvgIpc) is 3.54. The first-order valence-corrected chi connectivity index (χ1v) is 12.2. The molecule has 1 amide bonds. The highest BCUT2D eigenvalue weighted by molar-refractivity contribution is 5.96. The van der Waals surface area contributed by atoms with Gasteiger partial charge in [0.25, 0.3) is 0 Å². The Labute approximate surface area is 210 Å². The Morgan fingerprint density at radius 3 is 2.67 bits per heavy atom. The first-order valence-electron chi connectivity index (χ1n) is 12.2. The van der Waals surface area contributed by atoms with Crippen molar-refractivity contribution in [1.29, 1.82) is 5.26 Å². The smallest absolute Gasteiger partial charge is 0.227 e. The molecule has 1 saturated heterocycles. The van der Waals surface area contributed by atoms with Gasteiger partial charge in [-0.25, -0.2) is 4.98 Å². The molecule has 180 valence electrons. The quantitative estimate of drug-likeness (QED) is 0.382. The Morgan fingerprint density at radius 2 is 1.92 bits per heavy atom. The average molecular weight is 477 g/mol. The Bertz CT molecular complexity index is 1520. The molecule has 36 heavy (non-hydrogen) atoms. The van der Waals surface area contributed by atoms with Crippen LogP contribution in [0.1, 0.15) is 24.5 Å². The van der Waals surface area contributed by atoms with Gasteiger partial charge in [0.15, 0.2) is 5.82 Å². The third-order valence-corrected chi connectivity index (χ3v) is 7.21. The molecule has 6 rings (SSSR count). The summed E-state index contributed by atoms with van der Waals surface area (Å²) in [6.07, 6.45) is 6.52. The zero-order chi connectivity index (χ0) is 25.0. The summed E-state index contributed by atoms with van der Waals surface area (Å²) in [5.74, 6) is 1.07. The number of hydrogen-bond donors (Lipinski definition) is 0.